The second-order valence-corrected chi connectivity index (χ2v) is 7.73. The Morgan fingerprint density at radius 3 is 2.67 bits per heavy atom. The number of aromatic nitrogens is 1. The first kappa shape index (κ1) is 14.5. The molecule has 2 aromatic rings. The molecule has 7 heteroatoms. The number of aliphatic hydroxyl groups is 1. The van der Waals surface area contributed by atoms with Crippen molar-refractivity contribution in [2.45, 2.75) is 30.6 Å². The summed E-state index contributed by atoms with van der Waals surface area (Å²) < 4.78 is 27.2. The standard InChI is InChI=1S/C14H16N2O3S2/c17-9-8-10-4-6-11(7-5-10)21(18,19)16-14-15-12-2-1-3-13(12)20-14/h4-7,17H,1-3,8-9H2,(H,15,16). The molecule has 0 atom stereocenters. The van der Waals surface area contributed by atoms with Crippen molar-refractivity contribution >= 4 is 26.5 Å². The van der Waals surface area contributed by atoms with E-state index in [1.54, 1.807) is 24.3 Å². The third kappa shape index (κ3) is 3.09. The van der Waals surface area contributed by atoms with Crippen molar-refractivity contribution in [3.05, 3.63) is 40.4 Å². The lowest BCUT2D eigenvalue weighted by Crippen LogP contribution is -2.13. The molecule has 3 rings (SSSR count). The summed E-state index contributed by atoms with van der Waals surface area (Å²) in [7, 11) is -3.60. The van der Waals surface area contributed by atoms with Crippen LogP contribution in [0.1, 0.15) is 22.6 Å². The van der Waals surface area contributed by atoms with Crippen LogP contribution in [-0.2, 0) is 29.3 Å². The van der Waals surface area contributed by atoms with Crippen LogP contribution in [0.4, 0.5) is 5.13 Å². The van der Waals surface area contributed by atoms with E-state index in [0.717, 1.165) is 30.5 Å². The molecule has 21 heavy (non-hydrogen) atoms. The largest absolute Gasteiger partial charge is 0.396 e. The van der Waals surface area contributed by atoms with Gasteiger partial charge in [-0.15, -0.1) is 11.3 Å². The predicted molar refractivity (Wildman–Crippen MR) is 82.2 cm³/mol. The Hall–Kier alpha value is -1.44. The molecule has 0 saturated heterocycles. The van der Waals surface area contributed by atoms with Crippen LogP contribution in [0.15, 0.2) is 29.2 Å². The van der Waals surface area contributed by atoms with Gasteiger partial charge in [-0.1, -0.05) is 12.1 Å². The molecule has 1 aromatic heterocycles. The van der Waals surface area contributed by atoms with Crippen LogP contribution in [0.2, 0.25) is 0 Å². The number of aliphatic hydroxyl groups excluding tert-OH is 1. The fourth-order valence-electron chi connectivity index (χ4n) is 2.37. The number of aryl methyl sites for hydroxylation is 2. The van der Waals surface area contributed by atoms with Gasteiger partial charge >= 0.3 is 0 Å². The Balaban J connectivity index is 1.79. The molecule has 1 aliphatic carbocycles. The highest BCUT2D eigenvalue weighted by Gasteiger charge is 2.20. The van der Waals surface area contributed by atoms with Gasteiger partial charge in [-0.05, 0) is 43.4 Å². The molecule has 0 aliphatic heterocycles. The van der Waals surface area contributed by atoms with Crippen LogP contribution in [-0.4, -0.2) is 25.1 Å². The van der Waals surface area contributed by atoms with E-state index in [9.17, 15) is 8.42 Å². The third-order valence-corrected chi connectivity index (χ3v) is 6.01. The zero-order chi connectivity index (χ0) is 14.9. The summed E-state index contributed by atoms with van der Waals surface area (Å²) in [6, 6.07) is 6.53. The lowest BCUT2D eigenvalue weighted by molar-refractivity contribution is 0.299. The highest BCUT2D eigenvalue weighted by atomic mass is 32.2. The molecule has 1 aromatic carbocycles. The second kappa shape index (κ2) is 5.75. The summed E-state index contributed by atoms with van der Waals surface area (Å²) in [6.45, 7) is 0.0506. The molecule has 5 nitrogen and oxygen atoms in total. The van der Waals surface area contributed by atoms with Gasteiger partial charge in [0.1, 0.15) is 0 Å². The van der Waals surface area contributed by atoms with Gasteiger partial charge in [-0.2, -0.15) is 0 Å². The minimum atomic E-state index is -3.60. The van der Waals surface area contributed by atoms with Crippen LogP contribution in [0.5, 0.6) is 0 Å². The topological polar surface area (TPSA) is 79.3 Å². The summed E-state index contributed by atoms with van der Waals surface area (Å²) in [4.78, 5) is 5.74. The molecule has 1 heterocycles. The van der Waals surface area contributed by atoms with Crippen molar-refractivity contribution < 1.29 is 13.5 Å². The van der Waals surface area contributed by atoms with E-state index in [0.29, 0.717) is 11.6 Å². The maximum Gasteiger partial charge on any atom is 0.263 e. The quantitative estimate of drug-likeness (QED) is 0.881. The monoisotopic (exact) mass is 324 g/mol. The van der Waals surface area contributed by atoms with Gasteiger partial charge in [0.05, 0.1) is 10.6 Å². The molecule has 112 valence electrons. The van der Waals surface area contributed by atoms with Crippen LogP contribution in [0.3, 0.4) is 0 Å². The van der Waals surface area contributed by atoms with E-state index < -0.39 is 10.0 Å². The number of benzene rings is 1. The van der Waals surface area contributed by atoms with Crippen molar-refractivity contribution in [2.24, 2.45) is 0 Å². The average molecular weight is 324 g/mol. The zero-order valence-electron chi connectivity index (χ0n) is 11.4. The molecule has 1 aliphatic rings. The number of thiazole rings is 1. The van der Waals surface area contributed by atoms with E-state index in [4.69, 9.17) is 5.11 Å². The number of nitrogens with zero attached hydrogens (tertiary/aromatic N) is 1. The van der Waals surface area contributed by atoms with Crippen molar-refractivity contribution in [3.8, 4) is 0 Å². The first-order valence-electron chi connectivity index (χ1n) is 6.80. The number of anilines is 1. The molecule has 2 N–H and O–H groups in total. The summed E-state index contributed by atoms with van der Waals surface area (Å²) >= 11 is 1.42. The Bertz CT molecular complexity index is 715. The lowest BCUT2D eigenvalue weighted by Gasteiger charge is -2.06. The Labute approximate surface area is 127 Å². The van der Waals surface area contributed by atoms with Gasteiger partial charge in [0, 0.05) is 11.5 Å². The van der Waals surface area contributed by atoms with E-state index in [1.165, 1.54) is 16.2 Å². The number of hydrogen-bond acceptors (Lipinski definition) is 5. The summed E-state index contributed by atoms with van der Waals surface area (Å²) in [5.74, 6) is 0. The number of hydrogen-bond donors (Lipinski definition) is 2. The van der Waals surface area contributed by atoms with Crippen LogP contribution in [0.25, 0.3) is 0 Å². The lowest BCUT2D eigenvalue weighted by atomic mass is 10.2. The Morgan fingerprint density at radius 2 is 2.00 bits per heavy atom. The SMILES string of the molecule is O=S(=O)(Nc1nc2c(s1)CCC2)c1ccc(CCO)cc1. The van der Waals surface area contributed by atoms with Crippen molar-refractivity contribution in [1.82, 2.24) is 4.98 Å². The number of fused-ring (bicyclic) bond motifs is 1. The fraction of sp³-hybridized carbons (Fsp3) is 0.357. The number of nitrogens with one attached hydrogen (secondary N) is 1. The molecule has 0 spiro atoms. The molecule has 0 unspecified atom stereocenters. The average Bonchev–Trinajstić information content (AvgIpc) is 3.00. The second-order valence-electron chi connectivity index (χ2n) is 4.97. The number of rotatable bonds is 5. The van der Waals surface area contributed by atoms with E-state index in [1.807, 2.05) is 0 Å². The van der Waals surface area contributed by atoms with Crippen molar-refractivity contribution in [2.75, 3.05) is 11.3 Å². The minimum absolute atomic E-state index is 0.0506. The molecule has 0 amide bonds. The predicted octanol–water partition coefficient (Wildman–Crippen LogP) is 1.97. The Kier molecular flexibility index (Phi) is 3.97. The minimum Gasteiger partial charge on any atom is -0.396 e. The molecule has 0 radical (unpaired) electrons. The fourth-order valence-corrected chi connectivity index (χ4v) is 4.66. The summed E-state index contributed by atoms with van der Waals surface area (Å²) in [6.07, 6.45) is 3.55. The van der Waals surface area contributed by atoms with Gasteiger partial charge in [-0.25, -0.2) is 13.4 Å². The third-order valence-electron chi connectivity index (χ3n) is 3.45. The van der Waals surface area contributed by atoms with Gasteiger partial charge in [0.25, 0.3) is 10.0 Å². The maximum absolute atomic E-state index is 12.3. The van der Waals surface area contributed by atoms with E-state index in [-0.39, 0.29) is 11.5 Å². The van der Waals surface area contributed by atoms with Gasteiger partial charge in [-0.3, -0.25) is 4.72 Å². The van der Waals surface area contributed by atoms with E-state index >= 15 is 0 Å². The zero-order valence-corrected chi connectivity index (χ0v) is 13.0. The van der Waals surface area contributed by atoms with Crippen LogP contribution >= 0.6 is 11.3 Å². The summed E-state index contributed by atoms with van der Waals surface area (Å²) in [5.41, 5.74) is 1.93. The summed E-state index contributed by atoms with van der Waals surface area (Å²) in [5, 5.41) is 9.31. The van der Waals surface area contributed by atoms with Gasteiger partial charge in [0.15, 0.2) is 5.13 Å². The van der Waals surface area contributed by atoms with Gasteiger partial charge < -0.3 is 5.11 Å². The first-order chi connectivity index (χ1) is 10.1. The normalized spacial score (nSPS) is 14.1. The first-order valence-corrected chi connectivity index (χ1v) is 9.09. The number of sulfonamides is 1. The molecule has 0 saturated carbocycles. The van der Waals surface area contributed by atoms with Crippen molar-refractivity contribution in [3.63, 3.8) is 0 Å². The maximum atomic E-state index is 12.3. The highest BCUT2D eigenvalue weighted by molar-refractivity contribution is 7.93. The van der Waals surface area contributed by atoms with Crippen LogP contribution < -0.4 is 4.72 Å². The molecular weight excluding hydrogens is 308 g/mol. The highest BCUT2D eigenvalue weighted by Crippen LogP contribution is 2.31. The molecule has 0 bridgehead atoms. The molecular formula is C14H16N2O3S2. The van der Waals surface area contributed by atoms with Crippen molar-refractivity contribution in [1.29, 1.82) is 0 Å². The molecule has 0 fully saturated rings. The van der Waals surface area contributed by atoms with Gasteiger partial charge in [0.2, 0.25) is 0 Å². The smallest absolute Gasteiger partial charge is 0.263 e. The van der Waals surface area contributed by atoms with E-state index in [2.05, 4.69) is 9.71 Å². The van der Waals surface area contributed by atoms with Crippen LogP contribution in [0, 0.1) is 0 Å². The Morgan fingerprint density at radius 1 is 1.24 bits per heavy atom.